The van der Waals surface area contributed by atoms with Gasteiger partial charge in [0.15, 0.2) is 0 Å². The first kappa shape index (κ1) is 17.2. The lowest BCUT2D eigenvalue weighted by molar-refractivity contribution is -0.130. The average Bonchev–Trinajstić information content (AvgIpc) is 2.52. The largest absolute Gasteiger partial charge is 0.503 e. The van der Waals surface area contributed by atoms with Gasteiger partial charge in [-0.25, -0.2) is 4.79 Å². The molecule has 0 fully saturated rings. The van der Waals surface area contributed by atoms with Crippen molar-refractivity contribution < 1.29 is 14.6 Å². The molecule has 0 unspecified atom stereocenters. The minimum absolute atomic E-state index is 0.164. The summed E-state index contributed by atoms with van der Waals surface area (Å²) in [4.78, 5) is 12.4. The number of benzene rings is 2. The van der Waals surface area contributed by atoms with Crippen LogP contribution in [0.1, 0.15) is 22.3 Å². The highest BCUT2D eigenvalue weighted by Gasteiger charge is 2.15. The molecular formula is C19H20O3S. The van der Waals surface area contributed by atoms with Gasteiger partial charge in [-0.3, -0.25) is 0 Å². The number of carbonyl (C=O) groups is 1. The van der Waals surface area contributed by atoms with Crippen molar-refractivity contribution in [2.45, 2.75) is 24.5 Å². The van der Waals surface area contributed by atoms with Crippen LogP contribution in [0.15, 0.2) is 53.6 Å². The van der Waals surface area contributed by atoms with Crippen molar-refractivity contribution in [2.24, 2.45) is 0 Å². The molecule has 120 valence electrons. The Hall–Kier alpha value is -2.20. The maximum Gasteiger partial charge on any atom is 0.339 e. The van der Waals surface area contributed by atoms with E-state index in [1.54, 1.807) is 11.8 Å². The third-order valence-electron chi connectivity index (χ3n) is 3.66. The van der Waals surface area contributed by atoms with E-state index < -0.39 is 5.97 Å². The Morgan fingerprint density at radius 1 is 1.13 bits per heavy atom. The molecule has 0 spiro atoms. The van der Waals surface area contributed by atoms with Crippen LogP contribution >= 0.6 is 11.8 Å². The van der Waals surface area contributed by atoms with Gasteiger partial charge in [-0.1, -0.05) is 36.4 Å². The van der Waals surface area contributed by atoms with E-state index >= 15 is 0 Å². The van der Waals surface area contributed by atoms with Crippen LogP contribution in [-0.2, 0) is 15.3 Å². The molecule has 0 saturated carbocycles. The van der Waals surface area contributed by atoms with Crippen molar-refractivity contribution in [1.82, 2.24) is 0 Å². The van der Waals surface area contributed by atoms with E-state index in [0.717, 1.165) is 10.6 Å². The van der Waals surface area contributed by atoms with E-state index in [1.165, 1.54) is 30.1 Å². The maximum absolute atomic E-state index is 11.5. The SMILES string of the molecule is CO/C=C(/C(=O)O)c1ccccc1SCc1c(C)cccc1C. The number of rotatable bonds is 6. The van der Waals surface area contributed by atoms with Crippen molar-refractivity contribution in [1.29, 1.82) is 0 Å². The summed E-state index contributed by atoms with van der Waals surface area (Å²) in [5.74, 6) is -0.193. The molecule has 3 nitrogen and oxygen atoms in total. The second-order valence-electron chi connectivity index (χ2n) is 5.23. The molecule has 2 aromatic carbocycles. The highest BCUT2D eigenvalue weighted by atomic mass is 32.2. The molecule has 0 heterocycles. The van der Waals surface area contributed by atoms with Gasteiger partial charge in [0.25, 0.3) is 0 Å². The highest BCUT2D eigenvalue weighted by molar-refractivity contribution is 7.98. The molecular weight excluding hydrogens is 308 g/mol. The lowest BCUT2D eigenvalue weighted by Crippen LogP contribution is -2.02. The number of aliphatic carboxylic acids is 1. The Kier molecular flexibility index (Phi) is 5.88. The Labute approximate surface area is 141 Å². The van der Waals surface area contributed by atoms with Gasteiger partial charge in [-0.05, 0) is 36.6 Å². The quantitative estimate of drug-likeness (QED) is 0.475. The fourth-order valence-electron chi connectivity index (χ4n) is 2.39. The minimum atomic E-state index is -0.994. The number of carboxylic acids is 1. The zero-order valence-electron chi connectivity index (χ0n) is 13.5. The Balaban J connectivity index is 2.31. The first-order chi connectivity index (χ1) is 11.0. The van der Waals surface area contributed by atoms with Crippen molar-refractivity contribution >= 4 is 23.3 Å². The Morgan fingerprint density at radius 3 is 2.39 bits per heavy atom. The van der Waals surface area contributed by atoms with Crippen molar-refractivity contribution in [3.05, 3.63) is 71.0 Å². The van der Waals surface area contributed by atoms with E-state index in [0.29, 0.717) is 5.56 Å². The second kappa shape index (κ2) is 7.88. The predicted molar refractivity (Wildman–Crippen MR) is 94.5 cm³/mol. The number of carboxylic acid groups (broad SMARTS) is 1. The van der Waals surface area contributed by atoms with Crippen LogP contribution in [0.5, 0.6) is 0 Å². The topological polar surface area (TPSA) is 46.5 Å². The molecule has 0 aliphatic rings. The molecule has 0 radical (unpaired) electrons. The maximum atomic E-state index is 11.5. The summed E-state index contributed by atoms with van der Waals surface area (Å²) >= 11 is 1.64. The van der Waals surface area contributed by atoms with Gasteiger partial charge in [0.1, 0.15) is 5.57 Å². The number of hydrogen-bond donors (Lipinski definition) is 1. The summed E-state index contributed by atoms with van der Waals surface area (Å²) < 4.78 is 4.92. The average molecular weight is 328 g/mol. The summed E-state index contributed by atoms with van der Waals surface area (Å²) in [6, 6.07) is 13.8. The standard InChI is InChI=1S/C19H20O3S/c1-13-7-6-8-14(2)17(13)12-23-18-10-5-4-9-15(18)16(11-22-3)19(20)21/h4-11H,12H2,1-3H3,(H,20,21)/b16-11+. The van der Waals surface area contributed by atoms with E-state index in [-0.39, 0.29) is 5.57 Å². The van der Waals surface area contributed by atoms with E-state index in [9.17, 15) is 9.90 Å². The molecule has 0 aliphatic heterocycles. The number of aryl methyl sites for hydroxylation is 2. The summed E-state index contributed by atoms with van der Waals surface area (Å²) in [7, 11) is 1.45. The lowest BCUT2D eigenvalue weighted by atomic mass is 10.1. The normalized spacial score (nSPS) is 11.3. The van der Waals surface area contributed by atoms with Crippen LogP contribution in [0, 0.1) is 13.8 Å². The van der Waals surface area contributed by atoms with Gasteiger partial charge >= 0.3 is 5.97 Å². The van der Waals surface area contributed by atoms with E-state index in [1.807, 2.05) is 24.3 Å². The summed E-state index contributed by atoms with van der Waals surface area (Å²) in [5.41, 5.74) is 4.64. The van der Waals surface area contributed by atoms with Crippen LogP contribution in [0.2, 0.25) is 0 Å². The first-order valence-electron chi connectivity index (χ1n) is 7.28. The third kappa shape index (κ3) is 4.17. The van der Waals surface area contributed by atoms with Crippen LogP contribution in [-0.4, -0.2) is 18.2 Å². The molecule has 0 aromatic heterocycles. The minimum Gasteiger partial charge on any atom is -0.503 e. The highest BCUT2D eigenvalue weighted by Crippen LogP contribution is 2.32. The van der Waals surface area contributed by atoms with Crippen molar-refractivity contribution in [3.8, 4) is 0 Å². The second-order valence-corrected chi connectivity index (χ2v) is 6.24. The van der Waals surface area contributed by atoms with Gasteiger partial charge in [0, 0.05) is 16.2 Å². The van der Waals surface area contributed by atoms with Crippen LogP contribution < -0.4 is 0 Å². The van der Waals surface area contributed by atoms with Gasteiger partial charge in [0.05, 0.1) is 13.4 Å². The van der Waals surface area contributed by atoms with E-state index in [2.05, 4.69) is 32.0 Å². The molecule has 0 atom stereocenters. The first-order valence-corrected chi connectivity index (χ1v) is 8.26. The third-order valence-corrected chi connectivity index (χ3v) is 4.76. The molecule has 23 heavy (non-hydrogen) atoms. The van der Waals surface area contributed by atoms with Gasteiger partial charge in [-0.2, -0.15) is 0 Å². The number of methoxy groups -OCH3 is 1. The predicted octanol–water partition coefficient (Wildman–Crippen LogP) is 4.67. The molecule has 1 N–H and O–H groups in total. The molecule has 2 aromatic rings. The van der Waals surface area contributed by atoms with Gasteiger partial charge in [0.2, 0.25) is 0 Å². The molecule has 0 bridgehead atoms. The molecule has 0 aliphatic carbocycles. The van der Waals surface area contributed by atoms with Crippen LogP contribution in [0.3, 0.4) is 0 Å². The van der Waals surface area contributed by atoms with Gasteiger partial charge in [-0.15, -0.1) is 11.8 Å². The monoisotopic (exact) mass is 328 g/mol. The van der Waals surface area contributed by atoms with E-state index in [4.69, 9.17) is 4.74 Å². The smallest absolute Gasteiger partial charge is 0.339 e. The zero-order chi connectivity index (χ0) is 16.8. The fourth-order valence-corrected chi connectivity index (χ4v) is 3.65. The number of ether oxygens (including phenoxy) is 1. The summed E-state index contributed by atoms with van der Waals surface area (Å²) in [6.07, 6.45) is 1.28. The van der Waals surface area contributed by atoms with Crippen LogP contribution in [0.25, 0.3) is 5.57 Å². The summed E-state index contributed by atoms with van der Waals surface area (Å²) in [6.45, 7) is 4.20. The lowest BCUT2D eigenvalue weighted by Gasteiger charge is -2.12. The molecule has 0 amide bonds. The molecule has 2 rings (SSSR count). The van der Waals surface area contributed by atoms with Gasteiger partial charge < -0.3 is 9.84 Å². The Bertz CT molecular complexity index is 715. The fraction of sp³-hybridized carbons (Fsp3) is 0.211. The van der Waals surface area contributed by atoms with Crippen molar-refractivity contribution in [3.63, 3.8) is 0 Å². The number of hydrogen-bond acceptors (Lipinski definition) is 3. The molecule has 4 heteroatoms. The zero-order valence-corrected chi connectivity index (χ0v) is 14.3. The van der Waals surface area contributed by atoms with Crippen LogP contribution in [0.4, 0.5) is 0 Å². The summed E-state index contributed by atoms with van der Waals surface area (Å²) in [5, 5.41) is 9.40. The Morgan fingerprint density at radius 2 is 1.78 bits per heavy atom. The molecule has 0 saturated heterocycles. The number of thioether (sulfide) groups is 1. The van der Waals surface area contributed by atoms with Crippen molar-refractivity contribution in [2.75, 3.05) is 7.11 Å².